The Balaban J connectivity index is 1.15. The van der Waals surface area contributed by atoms with Crippen LogP contribution in [0.1, 0.15) is 17.3 Å². The third kappa shape index (κ3) is 7.17. The van der Waals surface area contributed by atoms with Gasteiger partial charge in [-0.2, -0.15) is 0 Å². The average molecular weight is 616 g/mol. The van der Waals surface area contributed by atoms with Crippen molar-refractivity contribution in [1.29, 1.82) is 0 Å². The van der Waals surface area contributed by atoms with E-state index in [9.17, 15) is 9.59 Å². The molecule has 5 rings (SSSR count). The molecule has 1 unspecified atom stereocenters. The summed E-state index contributed by atoms with van der Waals surface area (Å²) in [5.74, 6) is 1.59. The molecule has 9 nitrogen and oxygen atoms in total. The van der Waals surface area contributed by atoms with Crippen molar-refractivity contribution in [2.75, 3.05) is 68.5 Å². The minimum atomic E-state index is -0.0422. The molecule has 0 saturated carbocycles. The number of aromatic nitrogens is 2. The fraction of sp³-hybridized carbons (Fsp3) is 0.379. The van der Waals surface area contributed by atoms with E-state index in [2.05, 4.69) is 14.8 Å². The van der Waals surface area contributed by atoms with Gasteiger partial charge in [-0.1, -0.05) is 47.1 Å². The van der Waals surface area contributed by atoms with Gasteiger partial charge in [0.2, 0.25) is 5.91 Å². The van der Waals surface area contributed by atoms with Gasteiger partial charge in [-0.05, 0) is 43.3 Å². The number of hydrogen-bond donors (Lipinski definition) is 0. The second-order valence-electron chi connectivity index (χ2n) is 9.99. The summed E-state index contributed by atoms with van der Waals surface area (Å²) < 4.78 is 5.27. The van der Waals surface area contributed by atoms with E-state index >= 15 is 0 Å². The first-order valence-corrected chi connectivity index (χ1v) is 15.2. The number of thioether (sulfide) groups is 1. The van der Waals surface area contributed by atoms with Crippen LogP contribution in [0, 0.1) is 0 Å². The molecule has 2 aromatic carbocycles. The Morgan fingerprint density at radius 1 is 0.951 bits per heavy atom. The second kappa shape index (κ2) is 13.2. The van der Waals surface area contributed by atoms with E-state index in [4.69, 9.17) is 32.9 Å². The maximum Gasteiger partial charge on any atom is 0.254 e. The lowest BCUT2D eigenvalue weighted by molar-refractivity contribution is -0.128. The van der Waals surface area contributed by atoms with Gasteiger partial charge in [0, 0.05) is 74.2 Å². The number of rotatable bonds is 7. The number of benzene rings is 2. The normalized spacial score (nSPS) is 17.5. The summed E-state index contributed by atoms with van der Waals surface area (Å²) in [7, 11) is 1.59. The van der Waals surface area contributed by atoms with E-state index in [-0.39, 0.29) is 23.6 Å². The van der Waals surface area contributed by atoms with Crippen LogP contribution < -0.4 is 14.5 Å². The molecule has 2 fully saturated rings. The molecule has 1 atom stereocenters. The van der Waals surface area contributed by atoms with Gasteiger partial charge in [0.15, 0.2) is 5.16 Å². The quantitative estimate of drug-likeness (QED) is 0.217. The maximum absolute atomic E-state index is 13.2. The number of carbonyl (C=O) groups excluding carboxylic acids is 2. The van der Waals surface area contributed by atoms with Gasteiger partial charge < -0.3 is 24.3 Å². The lowest BCUT2D eigenvalue weighted by Crippen LogP contribution is -2.54. The van der Waals surface area contributed by atoms with Gasteiger partial charge in [0.05, 0.1) is 12.9 Å². The summed E-state index contributed by atoms with van der Waals surface area (Å²) >= 11 is 13.8. The van der Waals surface area contributed by atoms with Crippen molar-refractivity contribution in [3.63, 3.8) is 0 Å². The molecule has 0 radical (unpaired) electrons. The molecule has 0 bridgehead atoms. The highest BCUT2D eigenvalue weighted by atomic mass is 35.5. The molecule has 2 aliphatic heterocycles. The predicted octanol–water partition coefficient (Wildman–Crippen LogP) is 4.58. The number of hydrogen-bond acceptors (Lipinski definition) is 8. The Labute approximate surface area is 254 Å². The first-order valence-electron chi connectivity index (χ1n) is 13.5. The van der Waals surface area contributed by atoms with E-state index in [0.717, 1.165) is 18.8 Å². The monoisotopic (exact) mass is 614 g/mol. The van der Waals surface area contributed by atoms with Crippen LogP contribution in [0.3, 0.4) is 0 Å². The smallest absolute Gasteiger partial charge is 0.254 e. The molecule has 0 aliphatic carbocycles. The van der Waals surface area contributed by atoms with Crippen molar-refractivity contribution >= 4 is 58.3 Å². The van der Waals surface area contributed by atoms with E-state index in [1.54, 1.807) is 25.3 Å². The topological polar surface area (TPSA) is 82.1 Å². The van der Waals surface area contributed by atoms with Crippen molar-refractivity contribution in [2.24, 2.45) is 0 Å². The van der Waals surface area contributed by atoms with Gasteiger partial charge in [-0.3, -0.25) is 9.59 Å². The van der Waals surface area contributed by atoms with Crippen LogP contribution in [0.4, 0.5) is 11.5 Å². The number of halogens is 2. The molecule has 1 aromatic heterocycles. The fourth-order valence-corrected chi connectivity index (χ4v) is 6.27. The molecule has 3 heterocycles. The van der Waals surface area contributed by atoms with E-state index < -0.39 is 0 Å². The van der Waals surface area contributed by atoms with Gasteiger partial charge in [0.1, 0.15) is 16.7 Å². The number of anilines is 2. The lowest BCUT2D eigenvalue weighted by atomic mass is 10.1. The Hall–Kier alpha value is -3.21. The van der Waals surface area contributed by atoms with Crippen LogP contribution in [0.2, 0.25) is 10.2 Å². The molecule has 2 amide bonds. The van der Waals surface area contributed by atoms with Gasteiger partial charge in [-0.25, -0.2) is 9.97 Å². The van der Waals surface area contributed by atoms with Crippen molar-refractivity contribution in [1.82, 2.24) is 19.8 Å². The number of methoxy groups -OCH3 is 1. The van der Waals surface area contributed by atoms with Crippen LogP contribution in [-0.2, 0) is 4.79 Å². The largest absolute Gasteiger partial charge is 0.497 e. The fourth-order valence-electron chi connectivity index (χ4n) is 5.11. The van der Waals surface area contributed by atoms with Crippen LogP contribution in [0.5, 0.6) is 5.75 Å². The number of amides is 2. The zero-order valence-electron chi connectivity index (χ0n) is 23.0. The first-order chi connectivity index (χ1) is 19.8. The third-order valence-corrected chi connectivity index (χ3v) is 8.58. The maximum atomic E-state index is 13.2. The summed E-state index contributed by atoms with van der Waals surface area (Å²) in [6.07, 6.45) is 0. The summed E-state index contributed by atoms with van der Waals surface area (Å²) in [4.78, 5) is 43.3. The van der Waals surface area contributed by atoms with E-state index in [0.29, 0.717) is 65.2 Å². The Bertz CT molecular complexity index is 1400. The average Bonchev–Trinajstić information content (AvgIpc) is 2.99. The molecular formula is C29H32Cl2N6O3S. The zero-order chi connectivity index (χ0) is 28.9. The molecule has 216 valence electrons. The molecule has 0 spiro atoms. The van der Waals surface area contributed by atoms with Crippen molar-refractivity contribution in [3.05, 3.63) is 70.3 Å². The highest BCUT2D eigenvalue weighted by molar-refractivity contribution is 7.99. The molecule has 12 heteroatoms. The first kappa shape index (κ1) is 29.3. The number of carbonyl (C=O) groups is 2. The SMILES string of the molecule is COc1cccc(C(=O)N2CCN(c3cc(Cl)nc(SCC(=O)N4CCN(c5cccc(Cl)c5)CC4)n3)CC2C)c1. The van der Waals surface area contributed by atoms with E-state index in [1.807, 2.05) is 53.1 Å². The van der Waals surface area contributed by atoms with Crippen molar-refractivity contribution in [3.8, 4) is 5.75 Å². The Kier molecular flexibility index (Phi) is 9.42. The second-order valence-corrected chi connectivity index (χ2v) is 11.8. The highest BCUT2D eigenvalue weighted by Crippen LogP contribution is 2.26. The predicted molar refractivity (Wildman–Crippen MR) is 164 cm³/mol. The summed E-state index contributed by atoms with van der Waals surface area (Å²) in [5, 5.41) is 1.49. The number of nitrogens with zero attached hydrogens (tertiary/aromatic N) is 6. The third-order valence-electron chi connectivity index (χ3n) is 7.32. The van der Waals surface area contributed by atoms with Crippen LogP contribution in [-0.4, -0.2) is 96.3 Å². The van der Waals surface area contributed by atoms with Crippen LogP contribution in [0.25, 0.3) is 0 Å². The number of piperazine rings is 2. The van der Waals surface area contributed by atoms with Gasteiger partial charge in [0.25, 0.3) is 5.91 Å². The van der Waals surface area contributed by atoms with Crippen molar-refractivity contribution < 1.29 is 14.3 Å². The standard InChI is InChI=1S/C29H32Cl2N6O3S/c1-20-18-36(13-14-37(20)28(39)21-5-3-8-24(15-21)40-2)26-17-25(31)32-29(33-26)41-19-27(38)35-11-9-34(10-12-35)23-7-4-6-22(30)16-23/h3-8,15-17,20H,9-14,18-19H2,1-2H3. The molecule has 2 aliphatic rings. The summed E-state index contributed by atoms with van der Waals surface area (Å²) in [6, 6.07) is 16.7. The molecule has 0 N–H and O–H groups in total. The van der Waals surface area contributed by atoms with Gasteiger partial charge in [-0.15, -0.1) is 0 Å². The minimum absolute atomic E-state index is 0.0278. The molecule has 41 heavy (non-hydrogen) atoms. The Morgan fingerprint density at radius 2 is 1.71 bits per heavy atom. The molecular weight excluding hydrogens is 583 g/mol. The van der Waals surface area contributed by atoms with E-state index in [1.165, 1.54) is 11.8 Å². The van der Waals surface area contributed by atoms with Crippen LogP contribution in [0.15, 0.2) is 59.8 Å². The number of ether oxygens (including phenoxy) is 1. The van der Waals surface area contributed by atoms with Crippen molar-refractivity contribution in [2.45, 2.75) is 18.1 Å². The Morgan fingerprint density at radius 3 is 2.44 bits per heavy atom. The highest BCUT2D eigenvalue weighted by Gasteiger charge is 2.29. The summed E-state index contributed by atoms with van der Waals surface area (Å²) in [5.41, 5.74) is 1.67. The molecule has 2 saturated heterocycles. The molecule has 3 aromatic rings. The van der Waals surface area contributed by atoms with Crippen LogP contribution >= 0.6 is 35.0 Å². The zero-order valence-corrected chi connectivity index (χ0v) is 25.3. The lowest BCUT2D eigenvalue weighted by Gasteiger charge is -2.40. The summed E-state index contributed by atoms with van der Waals surface area (Å²) in [6.45, 7) is 6.55. The van der Waals surface area contributed by atoms with Gasteiger partial charge >= 0.3 is 0 Å². The minimum Gasteiger partial charge on any atom is -0.497 e.